The Morgan fingerprint density at radius 3 is 1.57 bits per heavy atom. The summed E-state index contributed by atoms with van der Waals surface area (Å²) in [6.45, 7) is 4.61. The number of nitrogens with two attached hydrogens (primary N) is 1. The largest absolute Gasteiger partial charge is 0.398 e. The number of nitrogen functional groups attached to an aromatic ring is 1. The Balaban J connectivity index is 1.30. The first-order valence-electron chi connectivity index (χ1n) is 15.2. The highest BCUT2D eigenvalue weighted by atomic mass is 14.6. The molecular formula is C34H51N. The summed E-state index contributed by atoms with van der Waals surface area (Å²) in [7, 11) is 0. The van der Waals surface area contributed by atoms with E-state index in [1.807, 2.05) is 0 Å². The van der Waals surface area contributed by atoms with Crippen LogP contribution in [0.25, 0.3) is 11.1 Å². The van der Waals surface area contributed by atoms with Crippen LogP contribution in [0.4, 0.5) is 5.69 Å². The lowest BCUT2D eigenvalue weighted by Gasteiger charge is -2.29. The number of rotatable bonds is 11. The Bertz CT molecular complexity index is 866. The van der Waals surface area contributed by atoms with Gasteiger partial charge in [0.25, 0.3) is 0 Å². The molecular weight excluding hydrogens is 422 g/mol. The average Bonchev–Trinajstić information content (AvgIpc) is 2.90. The van der Waals surface area contributed by atoms with E-state index < -0.39 is 0 Å². The van der Waals surface area contributed by atoms with E-state index >= 15 is 0 Å². The lowest BCUT2D eigenvalue weighted by atomic mass is 9.76. The van der Waals surface area contributed by atoms with Crippen LogP contribution >= 0.6 is 0 Å². The van der Waals surface area contributed by atoms with Gasteiger partial charge in [-0.1, -0.05) is 102 Å². The van der Waals surface area contributed by atoms with Gasteiger partial charge in [-0.15, -0.1) is 0 Å². The predicted octanol–water partition coefficient (Wildman–Crippen LogP) is 10.6. The summed E-state index contributed by atoms with van der Waals surface area (Å²) in [6, 6.07) is 16.3. The molecule has 0 aliphatic heterocycles. The van der Waals surface area contributed by atoms with Crippen molar-refractivity contribution >= 4 is 5.69 Å². The second-order valence-electron chi connectivity index (χ2n) is 11.9. The fourth-order valence-corrected chi connectivity index (χ4v) is 6.97. The molecule has 0 heterocycles. The second kappa shape index (κ2) is 13.5. The molecule has 4 rings (SSSR count). The molecule has 1 nitrogen and oxygen atoms in total. The molecule has 0 amide bonds. The number of hydrogen-bond donors (Lipinski definition) is 1. The Hall–Kier alpha value is -1.76. The van der Waals surface area contributed by atoms with Crippen LogP contribution in [-0.2, 0) is 0 Å². The van der Waals surface area contributed by atoms with Crippen LogP contribution in [-0.4, -0.2) is 0 Å². The molecule has 35 heavy (non-hydrogen) atoms. The third-order valence-corrected chi connectivity index (χ3v) is 9.37. The molecule has 2 aromatic carbocycles. The normalized spacial score (nSPS) is 25.0. The van der Waals surface area contributed by atoms with Crippen molar-refractivity contribution in [2.24, 2.45) is 11.8 Å². The summed E-state index contributed by atoms with van der Waals surface area (Å²) in [5.41, 5.74) is 13.0. The maximum absolute atomic E-state index is 6.61. The topological polar surface area (TPSA) is 26.0 Å². The van der Waals surface area contributed by atoms with Crippen LogP contribution in [0, 0.1) is 11.8 Å². The fraction of sp³-hybridized carbons (Fsp3) is 0.647. The number of hydrogen-bond acceptors (Lipinski definition) is 1. The smallest absolute Gasteiger partial charge is 0.0396 e. The van der Waals surface area contributed by atoms with Crippen molar-refractivity contribution in [3.63, 3.8) is 0 Å². The van der Waals surface area contributed by atoms with E-state index in [9.17, 15) is 0 Å². The summed E-state index contributed by atoms with van der Waals surface area (Å²) in [4.78, 5) is 0. The van der Waals surface area contributed by atoms with E-state index in [1.165, 1.54) is 125 Å². The van der Waals surface area contributed by atoms with Crippen LogP contribution in [0.5, 0.6) is 0 Å². The van der Waals surface area contributed by atoms with Gasteiger partial charge in [0, 0.05) is 11.3 Å². The molecule has 2 N–H and O–H groups in total. The lowest BCUT2D eigenvalue weighted by Crippen LogP contribution is -2.13. The van der Waals surface area contributed by atoms with Gasteiger partial charge in [-0.25, -0.2) is 0 Å². The summed E-state index contributed by atoms with van der Waals surface area (Å²) in [5, 5.41) is 0. The Labute approximate surface area is 216 Å². The molecule has 0 saturated heterocycles. The van der Waals surface area contributed by atoms with Crippen molar-refractivity contribution in [3.8, 4) is 11.1 Å². The summed E-state index contributed by atoms with van der Waals surface area (Å²) in [5.74, 6) is 3.40. The highest BCUT2D eigenvalue weighted by Gasteiger charge is 2.24. The standard InChI is InChI=1S/C34H51N/c1-3-5-7-9-26-11-15-28(16-12-26)29-19-21-31(22-20-29)33-24-23-32(25-34(33)35)30-17-13-27(14-18-30)10-8-6-4-2/h19-28,30H,3-18,35H2,1-2H3/t26-,27-,28-,30-. The van der Waals surface area contributed by atoms with E-state index in [0.29, 0.717) is 5.92 Å². The monoisotopic (exact) mass is 473 g/mol. The average molecular weight is 474 g/mol. The van der Waals surface area contributed by atoms with Gasteiger partial charge < -0.3 is 5.73 Å². The van der Waals surface area contributed by atoms with Crippen molar-refractivity contribution in [1.82, 2.24) is 0 Å². The van der Waals surface area contributed by atoms with E-state index in [4.69, 9.17) is 5.73 Å². The third kappa shape index (κ3) is 7.37. The molecule has 0 radical (unpaired) electrons. The van der Waals surface area contributed by atoms with Gasteiger partial charge in [-0.2, -0.15) is 0 Å². The number of anilines is 1. The van der Waals surface area contributed by atoms with Gasteiger partial charge >= 0.3 is 0 Å². The molecule has 0 unspecified atom stereocenters. The summed E-state index contributed by atoms with van der Waals surface area (Å²) in [6.07, 6.45) is 22.3. The van der Waals surface area contributed by atoms with Gasteiger partial charge in [0.2, 0.25) is 0 Å². The molecule has 2 aromatic rings. The highest BCUT2D eigenvalue weighted by Crippen LogP contribution is 2.41. The van der Waals surface area contributed by atoms with Crippen LogP contribution in [0.2, 0.25) is 0 Å². The van der Waals surface area contributed by atoms with E-state index in [2.05, 4.69) is 56.3 Å². The molecule has 2 aliphatic carbocycles. The van der Waals surface area contributed by atoms with Crippen molar-refractivity contribution in [2.45, 2.75) is 128 Å². The molecule has 2 fully saturated rings. The van der Waals surface area contributed by atoms with Crippen LogP contribution in [0.3, 0.4) is 0 Å². The van der Waals surface area contributed by atoms with Gasteiger partial charge in [0.15, 0.2) is 0 Å². The molecule has 192 valence electrons. The molecule has 0 bridgehead atoms. The van der Waals surface area contributed by atoms with Crippen LogP contribution in [0.1, 0.15) is 140 Å². The molecule has 1 heteroatoms. The van der Waals surface area contributed by atoms with Gasteiger partial charge in [-0.3, -0.25) is 0 Å². The zero-order valence-electron chi connectivity index (χ0n) is 22.7. The fourth-order valence-electron chi connectivity index (χ4n) is 6.97. The minimum absolute atomic E-state index is 0.702. The zero-order valence-corrected chi connectivity index (χ0v) is 22.7. The summed E-state index contributed by atoms with van der Waals surface area (Å²) < 4.78 is 0. The zero-order chi connectivity index (χ0) is 24.5. The van der Waals surface area contributed by atoms with Gasteiger partial charge in [0.1, 0.15) is 0 Å². The van der Waals surface area contributed by atoms with E-state index in [1.54, 1.807) is 0 Å². The van der Waals surface area contributed by atoms with Crippen molar-refractivity contribution in [1.29, 1.82) is 0 Å². The minimum atomic E-state index is 0.702. The summed E-state index contributed by atoms with van der Waals surface area (Å²) >= 11 is 0. The Kier molecular flexibility index (Phi) is 10.2. The van der Waals surface area contributed by atoms with Crippen LogP contribution < -0.4 is 5.73 Å². The van der Waals surface area contributed by atoms with Crippen molar-refractivity contribution in [3.05, 3.63) is 53.6 Å². The molecule has 0 atom stereocenters. The van der Waals surface area contributed by atoms with Crippen molar-refractivity contribution < 1.29 is 0 Å². The molecule has 0 spiro atoms. The first-order chi connectivity index (χ1) is 17.2. The lowest BCUT2D eigenvalue weighted by molar-refractivity contribution is 0.303. The SMILES string of the molecule is CCCCC[C@H]1CC[C@H](c2ccc(-c3ccc([C@H]4CC[C@H](CCCCC)CC4)cc3N)cc2)CC1. The first-order valence-corrected chi connectivity index (χ1v) is 15.2. The highest BCUT2D eigenvalue weighted by molar-refractivity contribution is 5.77. The quantitative estimate of drug-likeness (QED) is 0.255. The third-order valence-electron chi connectivity index (χ3n) is 9.37. The first kappa shape index (κ1) is 26.3. The minimum Gasteiger partial charge on any atom is -0.398 e. The predicted molar refractivity (Wildman–Crippen MR) is 154 cm³/mol. The molecule has 2 saturated carbocycles. The molecule has 2 aliphatic rings. The maximum Gasteiger partial charge on any atom is 0.0396 e. The van der Waals surface area contributed by atoms with Crippen LogP contribution in [0.15, 0.2) is 42.5 Å². The molecule has 0 aromatic heterocycles. The number of unbranched alkanes of at least 4 members (excludes halogenated alkanes) is 4. The second-order valence-corrected chi connectivity index (χ2v) is 11.9. The van der Waals surface area contributed by atoms with Crippen molar-refractivity contribution in [2.75, 3.05) is 5.73 Å². The van der Waals surface area contributed by atoms with Gasteiger partial charge in [0.05, 0.1) is 0 Å². The van der Waals surface area contributed by atoms with E-state index in [0.717, 1.165) is 23.4 Å². The maximum atomic E-state index is 6.61. The number of benzene rings is 2. The van der Waals surface area contributed by atoms with Gasteiger partial charge in [-0.05, 0) is 97.8 Å². The Morgan fingerprint density at radius 2 is 1.09 bits per heavy atom. The van der Waals surface area contributed by atoms with E-state index in [-0.39, 0.29) is 0 Å². The Morgan fingerprint density at radius 1 is 0.600 bits per heavy atom.